The lowest BCUT2D eigenvalue weighted by Gasteiger charge is -2.30. The van der Waals surface area contributed by atoms with Crippen LogP contribution in [0.2, 0.25) is 0 Å². The van der Waals surface area contributed by atoms with Gasteiger partial charge in [0.1, 0.15) is 5.75 Å². The second kappa shape index (κ2) is 9.26. The molecule has 0 atom stereocenters. The van der Waals surface area contributed by atoms with E-state index in [1.54, 1.807) is 12.1 Å². The van der Waals surface area contributed by atoms with Gasteiger partial charge in [-0.15, -0.1) is 0 Å². The third-order valence-corrected chi connectivity index (χ3v) is 4.95. The molecule has 2 amide bonds. The van der Waals surface area contributed by atoms with Crippen molar-refractivity contribution in [3.8, 4) is 5.75 Å². The average molecular weight is 381 g/mol. The minimum Gasteiger partial charge on any atom is -0.484 e. The summed E-state index contributed by atoms with van der Waals surface area (Å²) in [6.07, 6.45) is 4.39. The van der Waals surface area contributed by atoms with Gasteiger partial charge in [-0.1, -0.05) is 19.1 Å². The molecule has 2 aromatic carbocycles. The number of hydrogen-bond acceptors (Lipinski definition) is 4. The van der Waals surface area contributed by atoms with Gasteiger partial charge in [-0.2, -0.15) is 0 Å². The minimum atomic E-state index is -0.520. The SMILES string of the molecule is CCc1ccc(OCC(=O)Nc2cc(C(N)=O)ccc2N2CCCCC2)cc1. The summed E-state index contributed by atoms with van der Waals surface area (Å²) in [4.78, 5) is 26.2. The number of ether oxygens (including phenoxy) is 1. The molecule has 148 valence electrons. The van der Waals surface area contributed by atoms with Crippen LogP contribution in [0.5, 0.6) is 5.75 Å². The van der Waals surface area contributed by atoms with Crippen molar-refractivity contribution in [3.05, 3.63) is 53.6 Å². The summed E-state index contributed by atoms with van der Waals surface area (Å²) in [6.45, 7) is 3.84. The number of carbonyl (C=O) groups is 2. The lowest BCUT2D eigenvalue weighted by Crippen LogP contribution is -2.31. The van der Waals surface area contributed by atoms with Crippen LogP contribution in [0.1, 0.15) is 42.1 Å². The molecule has 6 nitrogen and oxygen atoms in total. The van der Waals surface area contributed by atoms with E-state index in [9.17, 15) is 9.59 Å². The third kappa shape index (κ3) is 5.03. The van der Waals surface area contributed by atoms with Crippen molar-refractivity contribution in [1.29, 1.82) is 0 Å². The summed E-state index contributed by atoms with van der Waals surface area (Å²) >= 11 is 0. The highest BCUT2D eigenvalue weighted by atomic mass is 16.5. The van der Waals surface area contributed by atoms with Crippen LogP contribution >= 0.6 is 0 Å². The first-order chi connectivity index (χ1) is 13.6. The van der Waals surface area contributed by atoms with Gasteiger partial charge in [0.25, 0.3) is 5.91 Å². The summed E-state index contributed by atoms with van der Waals surface area (Å²) in [6, 6.07) is 12.9. The molecule has 1 heterocycles. The highest BCUT2D eigenvalue weighted by Gasteiger charge is 2.17. The molecule has 28 heavy (non-hydrogen) atoms. The lowest BCUT2D eigenvalue weighted by molar-refractivity contribution is -0.118. The molecule has 6 heteroatoms. The fraction of sp³-hybridized carbons (Fsp3) is 0.364. The molecule has 1 aliphatic rings. The number of nitrogens with one attached hydrogen (secondary N) is 1. The largest absolute Gasteiger partial charge is 0.484 e. The molecular formula is C22H27N3O3. The maximum atomic E-state index is 12.5. The van der Waals surface area contributed by atoms with Crippen LogP contribution in [-0.4, -0.2) is 31.5 Å². The standard InChI is InChI=1S/C22H27N3O3/c1-2-16-6-9-18(10-7-16)28-15-21(26)24-19-14-17(22(23)27)8-11-20(19)25-12-4-3-5-13-25/h6-11,14H,2-5,12-13,15H2,1H3,(H2,23,27)(H,24,26). The van der Waals surface area contributed by atoms with Crippen molar-refractivity contribution in [2.24, 2.45) is 5.73 Å². The summed E-state index contributed by atoms with van der Waals surface area (Å²) in [5.41, 5.74) is 8.49. The Hall–Kier alpha value is -3.02. The number of amides is 2. The molecule has 0 unspecified atom stereocenters. The molecular weight excluding hydrogens is 354 g/mol. The molecule has 0 aromatic heterocycles. The number of nitrogens with zero attached hydrogens (tertiary/aromatic N) is 1. The van der Waals surface area contributed by atoms with E-state index in [0.717, 1.165) is 38.0 Å². The summed E-state index contributed by atoms with van der Waals surface area (Å²) < 4.78 is 5.59. The van der Waals surface area contributed by atoms with Crippen LogP contribution in [0.25, 0.3) is 0 Å². The second-order valence-corrected chi connectivity index (χ2v) is 6.98. The molecule has 1 saturated heterocycles. The van der Waals surface area contributed by atoms with Crippen molar-refractivity contribution < 1.29 is 14.3 Å². The number of carbonyl (C=O) groups excluding carboxylic acids is 2. The zero-order chi connectivity index (χ0) is 19.9. The number of primary amides is 1. The fourth-order valence-corrected chi connectivity index (χ4v) is 3.36. The highest BCUT2D eigenvalue weighted by molar-refractivity contribution is 5.99. The number of rotatable bonds is 7. The molecule has 3 rings (SSSR count). The Morgan fingerprint density at radius 1 is 1.07 bits per heavy atom. The van der Waals surface area contributed by atoms with E-state index in [-0.39, 0.29) is 12.5 Å². The Kier molecular flexibility index (Phi) is 6.53. The molecule has 0 bridgehead atoms. The second-order valence-electron chi connectivity index (χ2n) is 6.98. The van der Waals surface area contributed by atoms with E-state index >= 15 is 0 Å². The molecule has 0 saturated carbocycles. The number of aryl methyl sites for hydroxylation is 1. The lowest BCUT2D eigenvalue weighted by atomic mass is 10.1. The van der Waals surface area contributed by atoms with Crippen molar-refractivity contribution in [3.63, 3.8) is 0 Å². The van der Waals surface area contributed by atoms with Gasteiger partial charge >= 0.3 is 0 Å². The molecule has 0 spiro atoms. The maximum absolute atomic E-state index is 12.5. The molecule has 0 radical (unpaired) electrons. The Balaban J connectivity index is 1.70. The monoisotopic (exact) mass is 381 g/mol. The summed E-state index contributed by atoms with van der Waals surface area (Å²) in [7, 11) is 0. The number of anilines is 2. The Morgan fingerprint density at radius 3 is 2.43 bits per heavy atom. The predicted molar refractivity (Wildman–Crippen MR) is 111 cm³/mol. The number of piperidine rings is 1. The molecule has 0 aliphatic carbocycles. The predicted octanol–water partition coefficient (Wildman–Crippen LogP) is 3.36. The zero-order valence-corrected chi connectivity index (χ0v) is 16.2. The number of nitrogens with two attached hydrogens (primary N) is 1. The first-order valence-electron chi connectivity index (χ1n) is 9.77. The van der Waals surface area contributed by atoms with Gasteiger partial charge in [0.15, 0.2) is 6.61 Å². The molecule has 3 N–H and O–H groups in total. The zero-order valence-electron chi connectivity index (χ0n) is 16.2. The van der Waals surface area contributed by atoms with Crippen molar-refractivity contribution >= 4 is 23.2 Å². The number of benzene rings is 2. The molecule has 1 aliphatic heterocycles. The van der Waals surface area contributed by atoms with E-state index in [1.165, 1.54) is 12.0 Å². The highest BCUT2D eigenvalue weighted by Crippen LogP contribution is 2.29. The number of hydrogen-bond donors (Lipinski definition) is 2. The Morgan fingerprint density at radius 2 is 1.79 bits per heavy atom. The quantitative estimate of drug-likeness (QED) is 0.770. The normalized spacial score (nSPS) is 13.8. The molecule has 1 fully saturated rings. The van der Waals surface area contributed by atoms with Gasteiger partial charge < -0.3 is 20.7 Å². The van der Waals surface area contributed by atoms with Crippen molar-refractivity contribution in [2.75, 3.05) is 29.9 Å². The van der Waals surface area contributed by atoms with E-state index in [4.69, 9.17) is 10.5 Å². The van der Waals surface area contributed by atoms with Crippen LogP contribution in [0.4, 0.5) is 11.4 Å². The van der Waals surface area contributed by atoms with Gasteiger partial charge in [0.2, 0.25) is 5.91 Å². The van der Waals surface area contributed by atoms with Gasteiger partial charge in [0, 0.05) is 18.7 Å². The summed E-state index contributed by atoms with van der Waals surface area (Å²) in [5.74, 6) is -0.151. The van der Waals surface area contributed by atoms with Crippen LogP contribution in [0, 0.1) is 0 Å². The van der Waals surface area contributed by atoms with Gasteiger partial charge in [-0.3, -0.25) is 9.59 Å². The first-order valence-corrected chi connectivity index (χ1v) is 9.77. The minimum absolute atomic E-state index is 0.105. The van der Waals surface area contributed by atoms with Gasteiger partial charge in [-0.05, 0) is 61.6 Å². The van der Waals surface area contributed by atoms with Gasteiger partial charge in [-0.25, -0.2) is 0 Å². The van der Waals surface area contributed by atoms with E-state index in [2.05, 4.69) is 17.1 Å². The smallest absolute Gasteiger partial charge is 0.262 e. The fourth-order valence-electron chi connectivity index (χ4n) is 3.36. The van der Waals surface area contributed by atoms with E-state index in [0.29, 0.717) is 17.0 Å². The van der Waals surface area contributed by atoms with Crippen molar-refractivity contribution in [2.45, 2.75) is 32.6 Å². The Bertz CT molecular complexity index is 827. The third-order valence-electron chi connectivity index (χ3n) is 4.95. The topological polar surface area (TPSA) is 84.7 Å². The van der Waals surface area contributed by atoms with Crippen LogP contribution in [0.15, 0.2) is 42.5 Å². The van der Waals surface area contributed by atoms with Crippen LogP contribution in [0.3, 0.4) is 0 Å². The maximum Gasteiger partial charge on any atom is 0.262 e. The van der Waals surface area contributed by atoms with Gasteiger partial charge in [0.05, 0.1) is 11.4 Å². The summed E-state index contributed by atoms with van der Waals surface area (Å²) in [5, 5.41) is 2.88. The first kappa shape index (κ1) is 19.7. The van der Waals surface area contributed by atoms with Crippen molar-refractivity contribution in [1.82, 2.24) is 0 Å². The van der Waals surface area contributed by atoms with E-state index < -0.39 is 5.91 Å². The van der Waals surface area contributed by atoms with Crippen LogP contribution < -0.4 is 20.7 Å². The van der Waals surface area contributed by atoms with Crippen LogP contribution in [-0.2, 0) is 11.2 Å². The Labute approximate surface area is 165 Å². The molecule has 2 aromatic rings. The average Bonchev–Trinajstić information content (AvgIpc) is 2.73. The van der Waals surface area contributed by atoms with E-state index in [1.807, 2.05) is 30.3 Å².